The summed E-state index contributed by atoms with van der Waals surface area (Å²) in [6.07, 6.45) is 7.41. The largest absolute Gasteiger partial charge is 0.334 e. The number of anilines is 1. The van der Waals surface area contributed by atoms with Crippen molar-refractivity contribution in [3.8, 4) is 0 Å². The highest BCUT2D eigenvalue weighted by Crippen LogP contribution is 2.25. The predicted octanol–water partition coefficient (Wildman–Crippen LogP) is 2.77. The van der Waals surface area contributed by atoms with Gasteiger partial charge >= 0.3 is 0 Å². The topological polar surface area (TPSA) is 75.4 Å². The lowest BCUT2D eigenvalue weighted by atomic mass is 9.88. The lowest BCUT2D eigenvalue weighted by molar-refractivity contribution is -0.120. The van der Waals surface area contributed by atoms with Crippen LogP contribution < -0.4 is 11.1 Å². The van der Waals surface area contributed by atoms with Crippen molar-refractivity contribution in [2.45, 2.75) is 51.0 Å². The molecule has 1 saturated carbocycles. The fourth-order valence-electron chi connectivity index (χ4n) is 3.85. The molecule has 24 heavy (non-hydrogen) atoms. The molecule has 0 aromatic heterocycles. The number of rotatable bonds is 4. The summed E-state index contributed by atoms with van der Waals surface area (Å²) in [5, 5.41) is 2.99. The van der Waals surface area contributed by atoms with Crippen molar-refractivity contribution in [1.29, 1.82) is 0 Å². The molecule has 1 aliphatic carbocycles. The summed E-state index contributed by atoms with van der Waals surface area (Å²) in [7, 11) is 0. The fraction of sp³-hybridized carbons (Fsp3) is 0.579. The Labute approximate surface area is 143 Å². The van der Waals surface area contributed by atoms with E-state index < -0.39 is 0 Å². The van der Waals surface area contributed by atoms with Gasteiger partial charge in [-0.2, -0.15) is 0 Å². The molecule has 3 rings (SSSR count). The average molecular weight is 329 g/mol. The first-order chi connectivity index (χ1) is 11.7. The van der Waals surface area contributed by atoms with E-state index in [1.165, 1.54) is 6.42 Å². The molecule has 2 aliphatic rings. The zero-order valence-electron chi connectivity index (χ0n) is 14.2. The molecule has 1 heterocycles. The van der Waals surface area contributed by atoms with Crippen LogP contribution in [0.4, 0.5) is 5.69 Å². The third-order valence-electron chi connectivity index (χ3n) is 5.26. The average Bonchev–Trinajstić information content (AvgIpc) is 3.10. The van der Waals surface area contributed by atoms with Crippen LogP contribution in [-0.2, 0) is 4.79 Å². The quantitative estimate of drug-likeness (QED) is 0.892. The van der Waals surface area contributed by atoms with E-state index in [0.717, 1.165) is 45.1 Å². The molecule has 1 unspecified atom stereocenters. The molecule has 0 spiro atoms. The molecular weight excluding hydrogens is 302 g/mol. The third kappa shape index (κ3) is 3.78. The van der Waals surface area contributed by atoms with E-state index in [1.54, 1.807) is 6.07 Å². The number of nitrogens with two attached hydrogens (primary N) is 1. The summed E-state index contributed by atoms with van der Waals surface area (Å²) in [6.45, 7) is 1.27. The first-order valence-corrected chi connectivity index (χ1v) is 9.11. The summed E-state index contributed by atoms with van der Waals surface area (Å²) in [5.74, 6) is 0.204. The van der Waals surface area contributed by atoms with Gasteiger partial charge in [0, 0.05) is 36.3 Å². The van der Waals surface area contributed by atoms with Crippen LogP contribution in [0.25, 0.3) is 0 Å². The van der Waals surface area contributed by atoms with E-state index >= 15 is 0 Å². The van der Waals surface area contributed by atoms with Crippen molar-refractivity contribution in [2.24, 2.45) is 11.7 Å². The van der Waals surface area contributed by atoms with E-state index in [0.29, 0.717) is 17.8 Å². The molecule has 1 saturated heterocycles. The standard InChI is InChI=1S/C19H27N3O2/c20-13-17-10-5-11-22(17)19(24)15-8-4-9-16(12-15)21-18(23)14-6-2-1-3-7-14/h4,8-9,12,14,17H,1-3,5-7,10-11,13,20H2,(H,21,23). The number of carbonyl (C=O) groups excluding carboxylic acids is 2. The SMILES string of the molecule is NCC1CCCN1C(=O)c1cccc(NC(=O)C2CCCCC2)c1. The van der Waals surface area contributed by atoms with Gasteiger partial charge in [0.25, 0.3) is 5.91 Å². The molecule has 2 amide bonds. The Morgan fingerprint density at radius 3 is 2.67 bits per heavy atom. The monoisotopic (exact) mass is 329 g/mol. The summed E-state index contributed by atoms with van der Waals surface area (Å²) in [6, 6.07) is 7.41. The molecule has 0 bridgehead atoms. The predicted molar refractivity (Wildman–Crippen MR) is 94.8 cm³/mol. The molecule has 0 radical (unpaired) electrons. The van der Waals surface area contributed by atoms with E-state index in [2.05, 4.69) is 5.32 Å². The Balaban J connectivity index is 1.67. The normalized spacial score (nSPS) is 21.7. The molecule has 5 heteroatoms. The highest BCUT2D eigenvalue weighted by atomic mass is 16.2. The minimum atomic E-state index is 0.0108. The van der Waals surface area contributed by atoms with Crippen LogP contribution in [-0.4, -0.2) is 35.8 Å². The maximum Gasteiger partial charge on any atom is 0.254 e. The molecule has 1 aromatic carbocycles. The van der Waals surface area contributed by atoms with Crippen LogP contribution in [0.15, 0.2) is 24.3 Å². The summed E-state index contributed by atoms with van der Waals surface area (Å²) < 4.78 is 0. The first-order valence-electron chi connectivity index (χ1n) is 9.11. The van der Waals surface area contributed by atoms with Crippen LogP contribution in [0.1, 0.15) is 55.3 Å². The maximum absolute atomic E-state index is 12.7. The molecule has 2 fully saturated rings. The number of likely N-dealkylation sites (tertiary alicyclic amines) is 1. The highest BCUT2D eigenvalue weighted by molar-refractivity contribution is 5.98. The number of nitrogens with one attached hydrogen (secondary N) is 1. The highest BCUT2D eigenvalue weighted by Gasteiger charge is 2.28. The van der Waals surface area contributed by atoms with Gasteiger partial charge in [-0.15, -0.1) is 0 Å². The van der Waals surface area contributed by atoms with Crippen LogP contribution in [0.2, 0.25) is 0 Å². The summed E-state index contributed by atoms with van der Waals surface area (Å²) >= 11 is 0. The van der Waals surface area contributed by atoms with E-state index in [4.69, 9.17) is 5.73 Å². The van der Waals surface area contributed by atoms with Crippen LogP contribution in [0, 0.1) is 5.92 Å². The van der Waals surface area contributed by atoms with Crippen molar-refractivity contribution in [3.63, 3.8) is 0 Å². The van der Waals surface area contributed by atoms with Crippen LogP contribution >= 0.6 is 0 Å². The minimum Gasteiger partial charge on any atom is -0.334 e. The molecule has 5 nitrogen and oxygen atoms in total. The van der Waals surface area contributed by atoms with E-state index in [-0.39, 0.29) is 23.8 Å². The van der Waals surface area contributed by atoms with Gasteiger partial charge in [0.15, 0.2) is 0 Å². The van der Waals surface area contributed by atoms with Gasteiger partial charge in [-0.05, 0) is 43.9 Å². The van der Waals surface area contributed by atoms with Gasteiger partial charge in [-0.25, -0.2) is 0 Å². The summed E-state index contributed by atoms with van der Waals surface area (Å²) in [4.78, 5) is 27.0. The van der Waals surface area contributed by atoms with Crippen LogP contribution in [0.5, 0.6) is 0 Å². The Morgan fingerprint density at radius 1 is 1.12 bits per heavy atom. The Bertz CT molecular complexity index is 596. The number of amides is 2. The second-order valence-corrected chi connectivity index (χ2v) is 6.94. The Morgan fingerprint density at radius 2 is 1.92 bits per heavy atom. The number of nitrogens with zero attached hydrogens (tertiary/aromatic N) is 1. The lowest BCUT2D eigenvalue weighted by Crippen LogP contribution is -2.39. The van der Waals surface area contributed by atoms with Crippen molar-refractivity contribution < 1.29 is 9.59 Å². The van der Waals surface area contributed by atoms with E-state index in [9.17, 15) is 9.59 Å². The molecule has 1 aromatic rings. The van der Waals surface area contributed by atoms with Crippen molar-refractivity contribution in [1.82, 2.24) is 4.90 Å². The second kappa shape index (κ2) is 7.79. The van der Waals surface area contributed by atoms with Crippen LogP contribution in [0.3, 0.4) is 0 Å². The smallest absolute Gasteiger partial charge is 0.254 e. The van der Waals surface area contributed by atoms with Gasteiger partial charge in [0.1, 0.15) is 0 Å². The van der Waals surface area contributed by atoms with Gasteiger partial charge < -0.3 is 16.0 Å². The number of hydrogen-bond acceptors (Lipinski definition) is 3. The van der Waals surface area contributed by atoms with Gasteiger partial charge in [-0.1, -0.05) is 25.3 Å². The lowest BCUT2D eigenvalue weighted by Gasteiger charge is -2.24. The molecule has 1 atom stereocenters. The third-order valence-corrected chi connectivity index (χ3v) is 5.26. The Kier molecular flexibility index (Phi) is 5.51. The second-order valence-electron chi connectivity index (χ2n) is 6.94. The van der Waals surface area contributed by atoms with Gasteiger partial charge in [-0.3, -0.25) is 9.59 Å². The minimum absolute atomic E-state index is 0.0108. The van der Waals surface area contributed by atoms with Crippen molar-refractivity contribution >= 4 is 17.5 Å². The molecule has 3 N–H and O–H groups in total. The van der Waals surface area contributed by atoms with Crippen molar-refractivity contribution in [2.75, 3.05) is 18.4 Å². The Hall–Kier alpha value is -1.88. The van der Waals surface area contributed by atoms with Gasteiger partial charge in [0.2, 0.25) is 5.91 Å². The first kappa shape index (κ1) is 17.0. The fourth-order valence-corrected chi connectivity index (χ4v) is 3.85. The number of benzene rings is 1. The van der Waals surface area contributed by atoms with Gasteiger partial charge in [0.05, 0.1) is 0 Å². The summed E-state index contributed by atoms with van der Waals surface area (Å²) in [5.41, 5.74) is 7.10. The zero-order valence-corrected chi connectivity index (χ0v) is 14.2. The molecule has 1 aliphatic heterocycles. The number of carbonyl (C=O) groups is 2. The maximum atomic E-state index is 12.7. The molecular formula is C19H27N3O2. The van der Waals surface area contributed by atoms with E-state index in [1.807, 2.05) is 23.1 Å². The number of hydrogen-bond donors (Lipinski definition) is 2. The zero-order chi connectivity index (χ0) is 16.9. The van der Waals surface area contributed by atoms with Crippen molar-refractivity contribution in [3.05, 3.63) is 29.8 Å². The molecule has 130 valence electrons.